The Morgan fingerprint density at radius 3 is 2.55 bits per heavy atom. The molecule has 0 aromatic heterocycles. The van der Waals surface area contributed by atoms with Crippen LogP contribution in [0.5, 0.6) is 0 Å². The molecular weight excluding hydrogens is 132 g/mol. The van der Waals surface area contributed by atoms with Crippen molar-refractivity contribution in [2.75, 3.05) is 0 Å². The Labute approximate surface area is 70.4 Å². The van der Waals surface area contributed by atoms with Gasteiger partial charge >= 0.3 is 0 Å². The SMILES string of the molecule is CCCCC1(C)CC2C(C)C21. The van der Waals surface area contributed by atoms with E-state index in [-0.39, 0.29) is 0 Å². The van der Waals surface area contributed by atoms with Crippen LogP contribution < -0.4 is 0 Å². The van der Waals surface area contributed by atoms with Crippen LogP contribution >= 0.6 is 0 Å². The van der Waals surface area contributed by atoms with Crippen molar-refractivity contribution in [3.63, 3.8) is 0 Å². The van der Waals surface area contributed by atoms with E-state index in [9.17, 15) is 0 Å². The van der Waals surface area contributed by atoms with Crippen LogP contribution in [0.15, 0.2) is 0 Å². The minimum absolute atomic E-state index is 0.778. The minimum Gasteiger partial charge on any atom is -0.0654 e. The van der Waals surface area contributed by atoms with Gasteiger partial charge in [-0.05, 0) is 36.0 Å². The summed E-state index contributed by atoms with van der Waals surface area (Å²) >= 11 is 0. The van der Waals surface area contributed by atoms with Crippen molar-refractivity contribution in [3.05, 3.63) is 0 Å². The van der Waals surface area contributed by atoms with Gasteiger partial charge < -0.3 is 0 Å². The Morgan fingerprint density at radius 1 is 1.45 bits per heavy atom. The lowest BCUT2D eigenvalue weighted by atomic mass is 9.67. The van der Waals surface area contributed by atoms with Crippen LogP contribution in [-0.4, -0.2) is 0 Å². The molecule has 0 N–H and O–H groups in total. The van der Waals surface area contributed by atoms with Crippen molar-refractivity contribution in [1.29, 1.82) is 0 Å². The summed E-state index contributed by atoms with van der Waals surface area (Å²) < 4.78 is 0. The molecule has 2 rings (SSSR count). The molecule has 0 amide bonds. The molecule has 0 aromatic carbocycles. The van der Waals surface area contributed by atoms with Gasteiger partial charge in [-0.2, -0.15) is 0 Å². The molecule has 0 radical (unpaired) electrons. The summed E-state index contributed by atoms with van der Waals surface area (Å²) in [6.45, 7) is 7.25. The van der Waals surface area contributed by atoms with Crippen LogP contribution in [-0.2, 0) is 0 Å². The zero-order chi connectivity index (χ0) is 8.06. The van der Waals surface area contributed by atoms with Gasteiger partial charge in [0.15, 0.2) is 0 Å². The third kappa shape index (κ3) is 0.947. The summed E-state index contributed by atoms with van der Waals surface area (Å²) in [6.07, 6.45) is 5.86. The van der Waals surface area contributed by atoms with Crippen molar-refractivity contribution >= 4 is 0 Å². The molecular formula is C11H20. The second-order valence-corrected chi connectivity index (χ2v) is 5.01. The third-order valence-electron chi connectivity index (χ3n) is 4.17. The maximum Gasteiger partial charge on any atom is -0.0289 e. The van der Waals surface area contributed by atoms with Gasteiger partial charge in [0.05, 0.1) is 0 Å². The zero-order valence-electron chi connectivity index (χ0n) is 8.06. The molecule has 0 bridgehead atoms. The van der Waals surface area contributed by atoms with E-state index >= 15 is 0 Å². The highest BCUT2D eigenvalue weighted by Crippen LogP contribution is 2.72. The first-order valence-electron chi connectivity index (χ1n) is 5.19. The van der Waals surface area contributed by atoms with Crippen molar-refractivity contribution in [3.8, 4) is 0 Å². The summed E-state index contributed by atoms with van der Waals surface area (Å²) in [7, 11) is 0. The number of fused-ring (bicyclic) bond motifs is 1. The average Bonchev–Trinajstić information content (AvgIpc) is 2.50. The monoisotopic (exact) mass is 152 g/mol. The smallest absolute Gasteiger partial charge is 0.0289 e. The van der Waals surface area contributed by atoms with Crippen LogP contribution in [0, 0.1) is 23.2 Å². The second-order valence-electron chi connectivity index (χ2n) is 5.01. The number of hydrogen-bond acceptors (Lipinski definition) is 0. The Bertz CT molecular complexity index is 157. The first-order valence-corrected chi connectivity index (χ1v) is 5.19. The molecule has 0 heteroatoms. The molecule has 2 aliphatic rings. The molecule has 0 aliphatic heterocycles. The summed E-state index contributed by atoms with van der Waals surface area (Å²) in [6, 6.07) is 0. The van der Waals surface area contributed by atoms with Gasteiger partial charge in [0.2, 0.25) is 0 Å². The summed E-state index contributed by atoms with van der Waals surface area (Å²) in [5.74, 6) is 3.36. The van der Waals surface area contributed by atoms with Gasteiger partial charge in [-0.1, -0.05) is 33.6 Å². The molecule has 2 fully saturated rings. The van der Waals surface area contributed by atoms with Crippen molar-refractivity contribution in [2.24, 2.45) is 23.2 Å². The number of hydrogen-bond donors (Lipinski definition) is 0. The second kappa shape index (κ2) is 2.24. The summed E-state index contributed by atoms with van der Waals surface area (Å²) in [4.78, 5) is 0. The molecule has 0 nitrogen and oxygen atoms in total. The maximum atomic E-state index is 2.51. The van der Waals surface area contributed by atoms with Crippen molar-refractivity contribution in [1.82, 2.24) is 0 Å². The fourth-order valence-electron chi connectivity index (χ4n) is 3.37. The van der Waals surface area contributed by atoms with E-state index in [2.05, 4.69) is 20.8 Å². The lowest BCUT2D eigenvalue weighted by Gasteiger charge is -2.38. The first-order chi connectivity index (χ1) is 5.19. The largest absolute Gasteiger partial charge is 0.0654 e. The Balaban J connectivity index is 1.84. The Morgan fingerprint density at radius 2 is 2.18 bits per heavy atom. The molecule has 2 saturated carbocycles. The van der Waals surface area contributed by atoms with E-state index in [0.717, 1.165) is 23.2 Å². The Kier molecular flexibility index (Phi) is 1.56. The van der Waals surface area contributed by atoms with E-state index in [1.54, 1.807) is 6.42 Å². The van der Waals surface area contributed by atoms with Crippen LogP contribution in [0.25, 0.3) is 0 Å². The van der Waals surface area contributed by atoms with E-state index in [1.165, 1.54) is 19.3 Å². The quantitative estimate of drug-likeness (QED) is 0.581. The van der Waals surface area contributed by atoms with E-state index < -0.39 is 0 Å². The van der Waals surface area contributed by atoms with Crippen molar-refractivity contribution < 1.29 is 0 Å². The molecule has 0 spiro atoms. The molecule has 2 aliphatic carbocycles. The molecule has 0 saturated heterocycles. The molecule has 0 heterocycles. The highest BCUT2D eigenvalue weighted by molar-refractivity contribution is 5.14. The van der Waals surface area contributed by atoms with Crippen LogP contribution in [0.1, 0.15) is 46.5 Å². The van der Waals surface area contributed by atoms with Crippen LogP contribution in [0.4, 0.5) is 0 Å². The lowest BCUT2D eigenvalue weighted by Crippen LogP contribution is -2.29. The molecule has 11 heavy (non-hydrogen) atoms. The maximum absolute atomic E-state index is 2.51. The van der Waals surface area contributed by atoms with Gasteiger partial charge in [-0.3, -0.25) is 0 Å². The highest BCUT2D eigenvalue weighted by Gasteiger charge is 2.65. The third-order valence-corrected chi connectivity index (χ3v) is 4.17. The number of unbranched alkanes of at least 4 members (excludes halogenated alkanes) is 1. The molecule has 64 valence electrons. The molecule has 0 aromatic rings. The molecule has 4 unspecified atom stereocenters. The van der Waals surface area contributed by atoms with E-state index in [4.69, 9.17) is 0 Å². The molecule has 4 atom stereocenters. The lowest BCUT2D eigenvalue weighted by molar-refractivity contribution is 0.120. The fraction of sp³-hybridized carbons (Fsp3) is 1.00. The van der Waals surface area contributed by atoms with Crippen LogP contribution in [0.2, 0.25) is 0 Å². The van der Waals surface area contributed by atoms with Gasteiger partial charge in [-0.25, -0.2) is 0 Å². The predicted octanol–water partition coefficient (Wildman–Crippen LogP) is 3.47. The van der Waals surface area contributed by atoms with Gasteiger partial charge in [0, 0.05) is 0 Å². The predicted molar refractivity (Wildman–Crippen MR) is 48.4 cm³/mol. The normalized spacial score (nSPS) is 53.2. The number of rotatable bonds is 3. The van der Waals surface area contributed by atoms with E-state index in [1.807, 2.05) is 0 Å². The fourth-order valence-corrected chi connectivity index (χ4v) is 3.37. The van der Waals surface area contributed by atoms with E-state index in [0.29, 0.717) is 0 Å². The standard InChI is InChI=1S/C11H20/c1-4-5-6-11(3)7-9-8(2)10(9)11/h8-10H,4-7H2,1-3H3. The van der Waals surface area contributed by atoms with Gasteiger partial charge in [0.1, 0.15) is 0 Å². The highest BCUT2D eigenvalue weighted by atomic mass is 14.7. The van der Waals surface area contributed by atoms with Gasteiger partial charge in [-0.15, -0.1) is 0 Å². The summed E-state index contributed by atoms with van der Waals surface area (Å²) in [5, 5.41) is 0. The van der Waals surface area contributed by atoms with Crippen LogP contribution in [0.3, 0.4) is 0 Å². The first kappa shape index (κ1) is 7.64. The van der Waals surface area contributed by atoms with Gasteiger partial charge in [0.25, 0.3) is 0 Å². The Hall–Kier alpha value is 0. The average molecular weight is 152 g/mol. The van der Waals surface area contributed by atoms with Crippen molar-refractivity contribution in [2.45, 2.75) is 46.5 Å². The summed E-state index contributed by atoms with van der Waals surface area (Å²) in [5.41, 5.74) is 0.778. The topological polar surface area (TPSA) is 0 Å². The zero-order valence-corrected chi connectivity index (χ0v) is 8.06. The minimum atomic E-state index is 0.778.